The maximum absolute atomic E-state index is 13.4. The molecule has 0 atom stereocenters. The van der Waals surface area contributed by atoms with E-state index >= 15 is 0 Å². The number of fused-ring (bicyclic) bond motifs is 1. The van der Waals surface area contributed by atoms with Gasteiger partial charge in [-0.15, -0.1) is 0 Å². The molecule has 2 aliphatic rings. The fraction of sp³-hybridized carbons (Fsp3) is 0.600. The second-order valence-corrected chi connectivity index (χ2v) is 11.4. The van der Waals surface area contributed by atoms with Gasteiger partial charge < -0.3 is 24.2 Å². The molecule has 0 unspecified atom stereocenters. The van der Waals surface area contributed by atoms with E-state index in [1.54, 1.807) is 40.0 Å². The SMILES string of the molecule is CCOC(=O)c1cn(NC2(C(=O)OC(C)(C)C)CC2)c2ncc(B3OC(C)(C)C(C)(C)O3)cc2c1=O. The fourth-order valence-corrected chi connectivity index (χ4v) is 3.87. The zero-order valence-electron chi connectivity index (χ0n) is 22.2. The maximum atomic E-state index is 13.4. The molecule has 2 aromatic heterocycles. The van der Waals surface area contributed by atoms with Gasteiger partial charge in [-0.1, -0.05) is 0 Å². The molecule has 0 aromatic carbocycles. The van der Waals surface area contributed by atoms with Crippen LogP contribution in [0.5, 0.6) is 0 Å². The molecule has 0 amide bonds. The summed E-state index contributed by atoms with van der Waals surface area (Å²) in [6, 6.07) is 1.61. The first-order valence-electron chi connectivity index (χ1n) is 12.2. The molecule has 1 saturated heterocycles. The average molecular weight is 499 g/mol. The highest BCUT2D eigenvalue weighted by Crippen LogP contribution is 2.39. The predicted octanol–water partition coefficient (Wildman–Crippen LogP) is 2.29. The van der Waals surface area contributed by atoms with Crippen molar-refractivity contribution < 1.29 is 28.4 Å². The summed E-state index contributed by atoms with van der Waals surface area (Å²) in [6.07, 6.45) is 3.97. The van der Waals surface area contributed by atoms with Gasteiger partial charge in [0.1, 0.15) is 11.2 Å². The van der Waals surface area contributed by atoms with E-state index in [0.717, 1.165) is 0 Å². The summed E-state index contributed by atoms with van der Waals surface area (Å²) < 4.78 is 24.4. The summed E-state index contributed by atoms with van der Waals surface area (Å²) in [4.78, 5) is 43.4. The lowest BCUT2D eigenvalue weighted by Gasteiger charge is -2.32. The van der Waals surface area contributed by atoms with Crippen LogP contribution in [-0.2, 0) is 23.6 Å². The number of nitrogens with zero attached hydrogens (tertiary/aromatic N) is 2. The molecule has 4 rings (SSSR count). The van der Waals surface area contributed by atoms with E-state index in [-0.39, 0.29) is 23.2 Å². The van der Waals surface area contributed by atoms with Crippen LogP contribution >= 0.6 is 0 Å². The fourth-order valence-electron chi connectivity index (χ4n) is 3.87. The third kappa shape index (κ3) is 4.73. The van der Waals surface area contributed by atoms with E-state index in [2.05, 4.69) is 10.4 Å². The molecule has 1 aliphatic heterocycles. The van der Waals surface area contributed by atoms with Gasteiger partial charge in [-0.05, 0) is 74.3 Å². The van der Waals surface area contributed by atoms with Crippen molar-refractivity contribution in [2.24, 2.45) is 0 Å². The number of hydrogen-bond acceptors (Lipinski definition) is 9. The van der Waals surface area contributed by atoms with Crippen molar-refractivity contribution in [3.63, 3.8) is 0 Å². The van der Waals surface area contributed by atoms with E-state index in [1.165, 1.54) is 10.9 Å². The van der Waals surface area contributed by atoms with Crippen LogP contribution in [0.4, 0.5) is 0 Å². The number of nitrogens with one attached hydrogen (secondary N) is 1. The summed E-state index contributed by atoms with van der Waals surface area (Å²) in [5.41, 5.74) is 0.437. The monoisotopic (exact) mass is 499 g/mol. The molecular formula is C25H34BN3O7. The Balaban J connectivity index is 1.79. The quantitative estimate of drug-likeness (QED) is 0.472. The summed E-state index contributed by atoms with van der Waals surface area (Å²) >= 11 is 0. The number of carbonyl (C=O) groups is 2. The molecule has 11 heteroatoms. The number of carbonyl (C=O) groups excluding carboxylic acids is 2. The maximum Gasteiger partial charge on any atom is 0.496 e. The molecule has 0 radical (unpaired) electrons. The van der Waals surface area contributed by atoms with Gasteiger partial charge in [-0.25, -0.2) is 19.2 Å². The Morgan fingerprint density at radius 2 is 1.78 bits per heavy atom. The van der Waals surface area contributed by atoms with E-state index in [1.807, 2.05) is 27.7 Å². The van der Waals surface area contributed by atoms with Gasteiger partial charge in [0.05, 0.1) is 23.2 Å². The molecule has 0 bridgehead atoms. The minimum Gasteiger partial charge on any atom is -0.462 e. The van der Waals surface area contributed by atoms with Crippen molar-refractivity contribution in [2.75, 3.05) is 12.0 Å². The lowest BCUT2D eigenvalue weighted by atomic mass is 9.80. The molecule has 2 aromatic rings. The van der Waals surface area contributed by atoms with Crippen LogP contribution in [0.1, 0.15) is 78.6 Å². The lowest BCUT2D eigenvalue weighted by molar-refractivity contribution is -0.157. The number of pyridine rings is 2. The number of rotatable bonds is 6. The van der Waals surface area contributed by atoms with Gasteiger partial charge in [-0.3, -0.25) is 4.79 Å². The predicted molar refractivity (Wildman–Crippen MR) is 135 cm³/mol. The second kappa shape index (κ2) is 8.59. The molecule has 10 nitrogen and oxygen atoms in total. The van der Waals surface area contributed by atoms with E-state index in [9.17, 15) is 14.4 Å². The third-order valence-electron chi connectivity index (χ3n) is 6.76. The zero-order valence-corrected chi connectivity index (χ0v) is 22.2. The Morgan fingerprint density at radius 1 is 1.17 bits per heavy atom. The smallest absolute Gasteiger partial charge is 0.462 e. The summed E-state index contributed by atoms with van der Waals surface area (Å²) in [5, 5.41) is 0.167. The number of hydrogen-bond donors (Lipinski definition) is 1. The van der Waals surface area contributed by atoms with E-state index < -0.39 is 46.8 Å². The highest BCUT2D eigenvalue weighted by atomic mass is 16.7. The van der Waals surface area contributed by atoms with Gasteiger partial charge in [0.15, 0.2) is 11.2 Å². The van der Waals surface area contributed by atoms with E-state index in [4.69, 9.17) is 18.8 Å². The summed E-state index contributed by atoms with van der Waals surface area (Å²) in [6.45, 7) is 14.9. The van der Waals surface area contributed by atoms with Crippen LogP contribution in [0.25, 0.3) is 11.0 Å². The summed E-state index contributed by atoms with van der Waals surface area (Å²) in [5.74, 6) is -1.17. The van der Waals surface area contributed by atoms with Gasteiger partial charge in [0.25, 0.3) is 0 Å². The molecule has 3 heterocycles. The minimum atomic E-state index is -0.979. The van der Waals surface area contributed by atoms with Crippen molar-refractivity contribution >= 4 is 35.6 Å². The van der Waals surface area contributed by atoms with Crippen LogP contribution in [-0.4, -0.2) is 57.7 Å². The Bertz CT molecular complexity index is 1260. The second-order valence-electron chi connectivity index (χ2n) is 11.4. The Kier molecular flexibility index (Phi) is 6.24. The molecule has 36 heavy (non-hydrogen) atoms. The number of aromatic nitrogens is 2. The van der Waals surface area contributed by atoms with Crippen LogP contribution in [0, 0.1) is 0 Å². The van der Waals surface area contributed by atoms with Gasteiger partial charge >= 0.3 is 19.1 Å². The van der Waals surface area contributed by atoms with Crippen LogP contribution in [0.15, 0.2) is 23.3 Å². The average Bonchev–Trinajstić information content (AvgIpc) is 3.50. The van der Waals surface area contributed by atoms with Gasteiger partial charge in [-0.2, -0.15) is 0 Å². The Morgan fingerprint density at radius 3 is 2.31 bits per heavy atom. The van der Waals surface area contributed by atoms with Crippen molar-refractivity contribution in [2.45, 2.75) is 90.6 Å². The van der Waals surface area contributed by atoms with Gasteiger partial charge in [0, 0.05) is 17.9 Å². The topological polar surface area (TPSA) is 118 Å². The Labute approximate surface area is 210 Å². The first-order chi connectivity index (χ1) is 16.6. The number of esters is 2. The molecule has 1 N–H and O–H groups in total. The highest BCUT2D eigenvalue weighted by Gasteiger charge is 2.54. The largest absolute Gasteiger partial charge is 0.496 e. The number of ether oxygens (including phenoxy) is 2. The summed E-state index contributed by atoms with van der Waals surface area (Å²) in [7, 11) is -0.740. The van der Waals surface area contributed by atoms with Crippen molar-refractivity contribution in [3.8, 4) is 0 Å². The third-order valence-corrected chi connectivity index (χ3v) is 6.76. The van der Waals surface area contributed by atoms with Crippen LogP contribution in [0.3, 0.4) is 0 Å². The Hall–Kier alpha value is -2.92. The van der Waals surface area contributed by atoms with Crippen molar-refractivity contribution in [1.82, 2.24) is 9.66 Å². The van der Waals surface area contributed by atoms with Crippen molar-refractivity contribution in [1.29, 1.82) is 0 Å². The molecule has 1 saturated carbocycles. The molecule has 1 aliphatic carbocycles. The molecule has 194 valence electrons. The van der Waals surface area contributed by atoms with Crippen molar-refractivity contribution in [3.05, 3.63) is 34.2 Å². The van der Waals surface area contributed by atoms with Crippen LogP contribution < -0.4 is 16.3 Å². The minimum absolute atomic E-state index is 0.109. The standard InChI is InChI=1S/C25H34BN3O7/c1-9-33-20(31)17-14-29(28-25(10-11-25)21(32)34-22(2,3)4)19-16(18(17)30)12-15(13-27-19)26-35-23(5,6)24(7,8)36-26/h12-14,28H,9-11H2,1-8H3. The lowest BCUT2D eigenvalue weighted by Crippen LogP contribution is -2.43. The normalized spacial score (nSPS) is 19.7. The van der Waals surface area contributed by atoms with E-state index in [0.29, 0.717) is 18.3 Å². The molecule has 2 fully saturated rings. The zero-order chi connectivity index (χ0) is 26.7. The molecule has 0 spiro atoms. The first kappa shape index (κ1) is 26.2. The van der Waals surface area contributed by atoms with Gasteiger partial charge in [0.2, 0.25) is 5.43 Å². The highest BCUT2D eigenvalue weighted by molar-refractivity contribution is 6.62. The molecular weight excluding hydrogens is 465 g/mol. The van der Waals surface area contributed by atoms with Crippen LogP contribution in [0.2, 0.25) is 0 Å². The first-order valence-corrected chi connectivity index (χ1v) is 12.2.